The Morgan fingerprint density at radius 2 is 2.44 bits per heavy atom. The summed E-state index contributed by atoms with van der Waals surface area (Å²) in [5.41, 5.74) is 0. The Hall–Kier alpha value is -1.01. The van der Waals surface area contributed by atoms with E-state index in [1.807, 2.05) is 24.4 Å². The highest BCUT2D eigenvalue weighted by Crippen LogP contribution is 2.31. The molecule has 18 heavy (non-hydrogen) atoms. The van der Waals surface area contributed by atoms with E-state index in [4.69, 9.17) is 0 Å². The molecule has 1 aromatic heterocycles. The Morgan fingerprint density at radius 1 is 1.67 bits per heavy atom. The van der Waals surface area contributed by atoms with Gasteiger partial charge in [0.1, 0.15) is 6.10 Å². The molecule has 3 nitrogen and oxygen atoms in total. The van der Waals surface area contributed by atoms with E-state index in [-0.39, 0.29) is 12.6 Å². The maximum atomic E-state index is 13.0. The molecule has 0 amide bonds. The van der Waals surface area contributed by atoms with Gasteiger partial charge in [-0.1, -0.05) is 13.0 Å². The Bertz CT molecular complexity index is 408. The largest absolute Gasteiger partial charge is 0.456 e. The lowest BCUT2D eigenvalue weighted by Gasteiger charge is -2.17. The van der Waals surface area contributed by atoms with E-state index >= 15 is 0 Å². The first kappa shape index (κ1) is 13.4. The summed E-state index contributed by atoms with van der Waals surface area (Å²) in [6, 6.07) is 4.08. The van der Waals surface area contributed by atoms with Crippen molar-refractivity contribution < 1.29 is 18.3 Å². The third kappa shape index (κ3) is 2.87. The summed E-state index contributed by atoms with van der Waals surface area (Å²) in [7, 11) is 0. The van der Waals surface area contributed by atoms with E-state index in [0.717, 1.165) is 11.3 Å². The van der Waals surface area contributed by atoms with Gasteiger partial charge < -0.3 is 10.1 Å². The van der Waals surface area contributed by atoms with Crippen LogP contribution >= 0.6 is 11.3 Å². The number of carbonyl (C=O) groups excluding carboxylic acids is 1. The molecular formula is C12H15F2NO2S. The average molecular weight is 275 g/mol. The molecule has 2 unspecified atom stereocenters. The molecule has 1 fully saturated rings. The fourth-order valence-electron chi connectivity index (χ4n) is 1.97. The lowest BCUT2D eigenvalue weighted by Crippen LogP contribution is -2.30. The van der Waals surface area contributed by atoms with E-state index in [2.05, 4.69) is 10.1 Å². The van der Waals surface area contributed by atoms with E-state index in [1.165, 1.54) is 0 Å². The fraction of sp³-hybridized carbons (Fsp3) is 0.583. The molecule has 1 aromatic rings. The van der Waals surface area contributed by atoms with Gasteiger partial charge in [0.2, 0.25) is 0 Å². The first-order valence-electron chi connectivity index (χ1n) is 5.88. The molecule has 0 aromatic carbocycles. The standard InChI is InChI=1S/C12H15F2NO2S/c1-2-9(10-4-3-5-18-10)15-7-8-6-12(13,14)11(16)17-8/h3-5,8-9,15H,2,6-7H2,1H3. The zero-order valence-electron chi connectivity index (χ0n) is 9.99. The normalized spacial score (nSPS) is 23.9. The smallest absolute Gasteiger partial charge is 0.377 e. The summed E-state index contributed by atoms with van der Waals surface area (Å²) < 4.78 is 30.6. The number of esters is 1. The second-order valence-electron chi connectivity index (χ2n) is 4.32. The van der Waals surface area contributed by atoms with E-state index < -0.39 is 24.4 Å². The molecule has 100 valence electrons. The van der Waals surface area contributed by atoms with Crippen LogP contribution in [-0.2, 0) is 9.53 Å². The molecule has 1 aliphatic rings. The quantitative estimate of drug-likeness (QED) is 0.840. The van der Waals surface area contributed by atoms with Crippen LogP contribution in [0.25, 0.3) is 0 Å². The molecule has 0 spiro atoms. The van der Waals surface area contributed by atoms with Crippen molar-refractivity contribution in [2.24, 2.45) is 0 Å². The molecule has 1 saturated heterocycles. The molecule has 2 heterocycles. The van der Waals surface area contributed by atoms with E-state index in [9.17, 15) is 13.6 Å². The lowest BCUT2D eigenvalue weighted by atomic mass is 10.1. The minimum atomic E-state index is -3.32. The zero-order chi connectivity index (χ0) is 13.2. The first-order valence-corrected chi connectivity index (χ1v) is 6.76. The third-order valence-electron chi connectivity index (χ3n) is 2.94. The molecule has 2 atom stereocenters. The molecule has 0 saturated carbocycles. The highest BCUT2D eigenvalue weighted by Gasteiger charge is 2.50. The number of hydrogen-bond acceptors (Lipinski definition) is 4. The number of rotatable bonds is 5. The van der Waals surface area contributed by atoms with Crippen molar-refractivity contribution >= 4 is 17.3 Å². The van der Waals surface area contributed by atoms with Crippen molar-refractivity contribution in [2.45, 2.75) is 37.8 Å². The average Bonchev–Trinajstić information content (AvgIpc) is 2.90. The van der Waals surface area contributed by atoms with Crippen LogP contribution in [0.1, 0.15) is 30.7 Å². The maximum absolute atomic E-state index is 13.0. The van der Waals surface area contributed by atoms with Crippen molar-refractivity contribution in [1.29, 1.82) is 0 Å². The van der Waals surface area contributed by atoms with Crippen LogP contribution in [0.2, 0.25) is 0 Å². The Labute approximate surface area is 108 Å². The third-order valence-corrected chi connectivity index (χ3v) is 3.93. The van der Waals surface area contributed by atoms with Gasteiger partial charge in [-0.3, -0.25) is 0 Å². The van der Waals surface area contributed by atoms with Gasteiger partial charge in [0.05, 0.1) is 6.42 Å². The number of hydrogen-bond donors (Lipinski definition) is 1. The first-order chi connectivity index (χ1) is 8.53. The molecule has 0 bridgehead atoms. The lowest BCUT2D eigenvalue weighted by molar-refractivity contribution is -0.159. The highest BCUT2D eigenvalue weighted by molar-refractivity contribution is 7.10. The number of thiophene rings is 1. The fourth-order valence-corrected chi connectivity index (χ4v) is 2.86. The SMILES string of the molecule is CCC(NCC1CC(F)(F)C(=O)O1)c1cccs1. The summed E-state index contributed by atoms with van der Waals surface area (Å²) in [6.07, 6.45) is -0.404. The van der Waals surface area contributed by atoms with Gasteiger partial charge in [0, 0.05) is 17.5 Å². The summed E-state index contributed by atoms with van der Waals surface area (Å²) in [5.74, 6) is -4.73. The molecule has 6 heteroatoms. The van der Waals surface area contributed by atoms with Gasteiger partial charge in [-0.25, -0.2) is 4.79 Å². The predicted octanol–water partition coefficient (Wildman–Crippen LogP) is 2.74. The van der Waals surface area contributed by atoms with Crippen LogP contribution in [0, 0.1) is 0 Å². The molecular weight excluding hydrogens is 260 g/mol. The van der Waals surface area contributed by atoms with Gasteiger partial charge in [-0.2, -0.15) is 8.78 Å². The van der Waals surface area contributed by atoms with Crippen LogP contribution in [-0.4, -0.2) is 24.5 Å². The number of ether oxygens (including phenoxy) is 1. The maximum Gasteiger partial charge on any atom is 0.377 e. The Kier molecular flexibility index (Phi) is 3.97. The minimum Gasteiger partial charge on any atom is -0.456 e. The highest BCUT2D eigenvalue weighted by atomic mass is 32.1. The van der Waals surface area contributed by atoms with E-state index in [0.29, 0.717) is 0 Å². The van der Waals surface area contributed by atoms with Gasteiger partial charge in [-0.05, 0) is 17.9 Å². The number of carbonyl (C=O) groups is 1. The van der Waals surface area contributed by atoms with Crippen LogP contribution < -0.4 is 5.32 Å². The van der Waals surface area contributed by atoms with Crippen LogP contribution in [0.3, 0.4) is 0 Å². The van der Waals surface area contributed by atoms with Crippen LogP contribution in [0.5, 0.6) is 0 Å². The molecule has 1 N–H and O–H groups in total. The van der Waals surface area contributed by atoms with Crippen molar-refractivity contribution in [2.75, 3.05) is 6.54 Å². The van der Waals surface area contributed by atoms with Gasteiger partial charge in [-0.15, -0.1) is 11.3 Å². The number of cyclic esters (lactones) is 1. The van der Waals surface area contributed by atoms with Crippen LogP contribution in [0.15, 0.2) is 17.5 Å². The zero-order valence-corrected chi connectivity index (χ0v) is 10.8. The summed E-state index contributed by atoms with van der Waals surface area (Å²) >= 11 is 1.62. The summed E-state index contributed by atoms with van der Waals surface area (Å²) in [5, 5.41) is 5.15. The Balaban J connectivity index is 1.87. The van der Waals surface area contributed by atoms with Gasteiger partial charge >= 0.3 is 11.9 Å². The molecule has 2 rings (SSSR count). The number of halogens is 2. The minimum absolute atomic E-state index is 0.123. The predicted molar refractivity (Wildman–Crippen MR) is 64.8 cm³/mol. The molecule has 0 radical (unpaired) electrons. The van der Waals surface area contributed by atoms with Gasteiger partial charge in [0.25, 0.3) is 0 Å². The topological polar surface area (TPSA) is 38.3 Å². The number of alkyl halides is 2. The molecule has 0 aliphatic carbocycles. The second kappa shape index (κ2) is 5.32. The molecule has 1 aliphatic heterocycles. The van der Waals surface area contributed by atoms with Crippen molar-refractivity contribution in [3.05, 3.63) is 22.4 Å². The Morgan fingerprint density at radius 3 is 2.94 bits per heavy atom. The monoisotopic (exact) mass is 275 g/mol. The van der Waals surface area contributed by atoms with Crippen molar-refractivity contribution in [3.8, 4) is 0 Å². The van der Waals surface area contributed by atoms with Crippen molar-refractivity contribution in [3.63, 3.8) is 0 Å². The van der Waals surface area contributed by atoms with Crippen molar-refractivity contribution in [1.82, 2.24) is 5.32 Å². The van der Waals surface area contributed by atoms with Crippen LogP contribution in [0.4, 0.5) is 8.78 Å². The second-order valence-corrected chi connectivity index (χ2v) is 5.30. The number of nitrogens with one attached hydrogen (secondary N) is 1. The summed E-state index contributed by atoms with van der Waals surface area (Å²) in [6.45, 7) is 2.28. The van der Waals surface area contributed by atoms with E-state index in [1.54, 1.807) is 11.3 Å². The summed E-state index contributed by atoms with van der Waals surface area (Å²) in [4.78, 5) is 12.0. The van der Waals surface area contributed by atoms with Gasteiger partial charge in [0.15, 0.2) is 0 Å².